The number of nitrogens with two attached hydrogens (primary N) is 1. The normalized spacial score (nSPS) is 15.4. The first kappa shape index (κ1) is 10.5. The van der Waals surface area contributed by atoms with Crippen LogP contribution in [0.5, 0.6) is 0 Å². The van der Waals surface area contributed by atoms with Crippen LogP contribution in [-0.4, -0.2) is 11.1 Å². The Morgan fingerprint density at radius 2 is 2.08 bits per heavy atom. The minimum atomic E-state index is -0.668. The Labute approximate surface area is 83.3 Å². The number of rotatable bonds is 3. The Bertz CT molecular complexity index is 277. The molecule has 0 fully saturated rings. The van der Waals surface area contributed by atoms with Crippen LogP contribution >= 0.6 is 11.6 Å². The van der Waals surface area contributed by atoms with E-state index in [0.717, 1.165) is 6.42 Å². The van der Waals surface area contributed by atoms with Gasteiger partial charge >= 0.3 is 0 Å². The molecule has 0 spiro atoms. The van der Waals surface area contributed by atoms with Gasteiger partial charge in [-0.2, -0.15) is 0 Å². The van der Waals surface area contributed by atoms with Crippen molar-refractivity contribution in [1.29, 1.82) is 0 Å². The lowest BCUT2D eigenvalue weighted by molar-refractivity contribution is 0.144. The third-order valence-electron chi connectivity index (χ3n) is 2.10. The average molecular weight is 200 g/mol. The van der Waals surface area contributed by atoms with Crippen LogP contribution in [0.15, 0.2) is 24.3 Å². The van der Waals surface area contributed by atoms with Crippen molar-refractivity contribution in [2.45, 2.75) is 25.5 Å². The van der Waals surface area contributed by atoms with E-state index in [9.17, 15) is 5.11 Å². The molecule has 0 bridgehead atoms. The van der Waals surface area contributed by atoms with Crippen LogP contribution in [0.25, 0.3) is 0 Å². The summed E-state index contributed by atoms with van der Waals surface area (Å²) in [6, 6.07) is 6.97. The molecule has 1 aromatic carbocycles. The molecular formula is C10H14ClNO. The van der Waals surface area contributed by atoms with Crippen LogP contribution in [0.4, 0.5) is 0 Å². The molecule has 2 atom stereocenters. The van der Waals surface area contributed by atoms with Gasteiger partial charge in [0.1, 0.15) is 0 Å². The van der Waals surface area contributed by atoms with Gasteiger partial charge in [-0.05, 0) is 12.5 Å². The summed E-state index contributed by atoms with van der Waals surface area (Å²) in [6.07, 6.45) is 0.0607. The number of hydrogen-bond donors (Lipinski definition) is 2. The molecule has 0 aliphatic heterocycles. The second-order valence-electron chi connectivity index (χ2n) is 3.04. The van der Waals surface area contributed by atoms with Crippen molar-refractivity contribution in [3.63, 3.8) is 0 Å². The van der Waals surface area contributed by atoms with Crippen molar-refractivity contribution >= 4 is 11.6 Å². The van der Waals surface area contributed by atoms with E-state index in [0.29, 0.717) is 10.6 Å². The highest BCUT2D eigenvalue weighted by molar-refractivity contribution is 6.31. The molecule has 0 aliphatic carbocycles. The van der Waals surface area contributed by atoms with E-state index in [2.05, 4.69) is 0 Å². The van der Waals surface area contributed by atoms with Crippen molar-refractivity contribution in [3.8, 4) is 0 Å². The van der Waals surface area contributed by atoms with E-state index >= 15 is 0 Å². The zero-order valence-electron chi connectivity index (χ0n) is 7.57. The molecule has 2 unspecified atom stereocenters. The fourth-order valence-corrected chi connectivity index (χ4v) is 1.42. The minimum absolute atomic E-state index is 0.250. The lowest BCUT2D eigenvalue weighted by Crippen LogP contribution is -2.27. The SMILES string of the molecule is CCC(N)C(O)c1ccccc1Cl. The largest absolute Gasteiger partial charge is 0.387 e. The Morgan fingerprint density at radius 3 is 2.62 bits per heavy atom. The van der Waals surface area contributed by atoms with Gasteiger partial charge in [-0.15, -0.1) is 0 Å². The second-order valence-corrected chi connectivity index (χ2v) is 3.45. The molecule has 0 aliphatic rings. The van der Waals surface area contributed by atoms with Gasteiger partial charge in [0.25, 0.3) is 0 Å². The molecular weight excluding hydrogens is 186 g/mol. The molecule has 0 saturated heterocycles. The van der Waals surface area contributed by atoms with Crippen LogP contribution in [0.1, 0.15) is 25.0 Å². The number of aliphatic hydroxyl groups is 1. The first-order valence-corrected chi connectivity index (χ1v) is 4.72. The lowest BCUT2D eigenvalue weighted by Gasteiger charge is -2.18. The fourth-order valence-electron chi connectivity index (χ4n) is 1.17. The molecule has 72 valence electrons. The van der Waals surface area contributed by atoms with Gasteiger partial charge in [-0.25, -0.2) is 0 Å². The lowest BCUT2D eigenvalue weighted by atomic mass is 10.0. The molecule has 1 rings (SSSR count). The molecule has 13 heavy (non-hydrogen) atoms. The summed E-state index contributed by atoms with van der Waals surface area (Å²) in [5, 5.41) is 10.3. The Hall–Kier alpha value is -0.570. The summed E-state index contributed by atoms with van der Waals surface area (Å²) in [5.41, 5.74) is 6.42. The van der Waals surface area contributed by atoms with Crippen LogP contribution in [0.2, 0.25) is 5.02 Å². The van der Waals surface area contributed by atoms with Crippen LogP contribution < -0.4 is 5.73 Å². The third-order valence-corrected chi connectivity index (χ3v) is 2.45. The van der Waals surface area contributed by atoms with Gasteiger partial charge in [0, 0.05) is 16.6 Å². The molecule has 1 aromatic rings. The summed E-state index contributed by atoms with van der Waals surface area (Å²) >= 11 is 5.90. The van der Waals surface area contributed by atoms with Crippen LogP contribution in [0.3, 0.4) is 0 Å². The standard InChI is InChI=1S/C10H14ClNO/c1-2-9(12)10(13)7-5-3-4-6-8(7)11/h3-6,9-10,13H,2,12H2,1H3. The maximum Gasteiger partial charge on any atom is 0.0955 e. The molecule has 0 heterocycles. The van der Waals surface area contributed by atoms with Crippen molar-refractivity contribution in [2.24, 2.45) is 5.73 Å². The summed E-state index contributed by atoms with van der Waals surface area (Å²) in [5.74, 6) is 0. The Kier molecular flexibility index (Phi) is 3.72. The molecule has 0 radical (unpaired) electrons. The summed E-state index contributed by atoms with van der Waals surface area (Å²) in [4.78, 5) is 0. The van der Waals surface area contributed by atoms with E-state index in [1.807, 2.05) is 19.1 Å². The van der Waals surface area contributed by atoms with Gasteiger partial charge in [0.15, 0.2) is 0 Å². The molecule has 2 nitrogen and oxygen atoms in total. The maximum absolute atomic E-state index is 9.76. The molecule has 0 aromatic heterocycles. The molecule has 0 amide bonds. The first-order chi connectivity index (χ1) is 6.16. The van der Waals surface area contributed by atoms with Crippen molar-refractivity contribution in [3.05, 3.63) is 34.9 Å². The molecule has 3 heteroatoms. The summed E-state index contributed by atoms with van der Waals surface area (Å²) < 4.78 is 0. The van der Waals surface area contributed by atoms with Crippen molar-refractivity contribution in [1.82, 2.24) is 0 Å². The van der Waals surface area contributed by atoms with Gasteiger partial charge in [0.2, 0.25) is 0 Å². The Morgan fingerprint density at radius 1 is 1.46 bits per heavy atom. The number of aliphatic hydroxyl groups excluding tert-OH is 1. The highest BCUT2D eigenvalue weighted by Gasteiger charge is 2.16. The Balaban J connectivity index is 2.88. The average Bonchev–Trinajstić information content (AvgIpc) is 2.16. The predicted molar refractivity (Wildman–Crippen MR) is 54.7 cm³/mol. The van der Waals surface area contributed by atoms with Crippen molar-refractivity contribution in [2.75, 3.05) is 0 Å². The predicted octanol–water partition coefficient (Wildman–Crippen LogP) is 2.11. The van der Waals surface area contributed by atoms with E-state index < -0.39 is 6.10 Å². The van der Waals surface area contributed by atoms with Gasteiger partial charge < -0.3 is 10.8 Å². The van der Waals surface area contributed by atoms with E-state index in [1.165, 1.54) is 0 Å². The minimum Gasteiger partial charge on any atom is -0.387 e. The fraction of sp³-hybridized carbons (Fsp3) is 0.400. The maximum atomic E-state index is 9.76. The van der Waals surface area contributed by atoms with Gasteiger partial charge in [-0.3, -0.25) is 0 Å². The highest BCUT2D eigenvalue weighted by atomic mass is 35.5. The third kappa shape index (κ3) is 2.44. The van der Waals surface area contributed by atoms with Crippen LogP contribution in [0, 0.1) is 0 Å². The quantitative estimate of drug-likeness (QED) is 0.784. The number of halogens is 1. The zero-order chi connectivity index (χ0) is 9.84. The highest BCUT2D eigenvalue weighted by Crippen LogP contribution is 2.24. The summed E-state index contributed by atoms with van der Waals surface area (Å²) in [7, 11) is 0. The molecule has 3 N–H and O–H groups in total. The number of hydrogen-bond acceptors (Lipinski definition) is 2. The van der Waals surface area contributed by atoms with Crippen molar-refractivity contribution < 1.29 is 5.11 Å². The van der Waals surface area contributed by atoms with Gasteiger partial charge in [0.05, 0.1) is 6.10 Å². The topological polar surface area (TPSA) is 46.2 Å². The first-order valence-electron chi connectivity index (χ1n) is 4.35. The van der Waals surface area contributed by atoms with E-state index in [-0.39, 0.29) is 6.04 Å². The molecule has 0 saturated carbocycles. The second kappa shape index (κ2) is 4.61. The smallest absolute Gasteiger partial charge is 0.0955 e. The van der Waals surface area contributed by atoms with Crippen LogP contribution in [-0.2, 0) is 0 Å². The monoisotopic (exact) mass is 199 g/mol. The van der Waals surface area contributed by atoms with Gasteiger partial charge in [-0.1, -0.05) is 36.7 Å². The summed E-state index contributed by atoms with van der Waals surface area (Å²) in [6.45, 7) is 1.94. The number of benzene rings is 1. The zero-order valence-corrected chi connectivity index (χ0v) is 8.33. The van der Waals surface area contributed by atoms with E-state index in [1.54, 1.807) is 12.1 Å². The van der Waals surface area contributed by atoms with E-state index in [4.69, 9.17) is 17.3 Å².